The van der Waals surface area contributed by atoms with Gasteiger partial charge in [-0.2, -0.15) is 0 Å². The number of alkyl halides is 2. The molecule has 1 aliphatic rings. The molecule has 0 aromatic heterocycles. The Morgan fingerprint density at radius 3 is 2.61 bits per heavy atom. The van der Waals surface area contributed by atoms with Crippen molar-refractivity contribution in [3.05, 3.63) is 41.7 Å². The van der Waals surface area contributed by atoms with Crippen molar-refractivity contribution in [2.24, 2.45) is 5.92 Å². The van der Waals surface area contributed by atoms with Crippen LogP contribution in [0.4, 0.5) is 13.2 Å². The summed E-state index contributed by atoms with van der Waals surface area (Å²) in [4.78, 5) is 22.6. The fourth-order valence-electron chi connectivity index (χ4n) is 3.05. The number of carbonyl (C=O) groups is 2. The number of hydrogen-bond donors (Lipinski definition) is 2. The highest BCUT2D eigenvalue weighted by Crippen LogP contribution is 2.24. The first-order valence-electron chi connectivity index (χ1n) is 9.76. The van der Waals surface area contributed by atoms with Crippen LogP contribution < -0.4 is 14.8 Å². The third kappa shape index (κ3) is 8.33. The number of ether oxygens (including phenoxy) is 1. The van der Waals surface area contributed by atoms with E-state index in [2.05, 4.69) is 10.0 Å². The number of allylic oxidation sites excluding steroid dienone is 2. The number of rotatable bonds is 12. The van der Waals surface area contributed by atoms with Gasteiger partial charge in [-0.1, -0.05) is 18.2 Å². The minimum absolute atomic E-state index is 0.182. The number of halogens is 3. The van der Waals surface area contributed by atoms with Gasteiger partial charge >= 0.3 is 0 Å². The first-order valence-corrected chi connectivity index (χ1v) is 11.4. The van der Waals surface area contributed by atoms with Crippen molar-refractivity contribution in [3.8, 4) is 5.75 Å². The molecule has 1 heterocycles. The predicted molar refractivity (Wildman–Crippen MR) is 107 cm³/mol. The van der Waals surface area contributed by atoms with Crippen LogP contribution in [-0.2, 0) is 19.6 Å². The monoisotopic (exact) mass is 462 g/mol. The summed E-state index contributed by atoms with van der Waals surface area (Å²) in [6, 6.07) is 2.85. The van der Waals surface area contributed by atoms with E-state index in [-0.39, 0.29) is 42.1 Å². The van der Waals surface area contributed by atoms with Gasteiger partial charge in [0.15, 0.2) is 11.6 Å². The highest BCUT2D eigenvalue weighted by Gasteiger charge is 2.29. The van der Waals surface area contributed by atoms with Gasteiger partial charge in [-0.05, 0) is 43.9 Å². The molecule has 2 atom stereocenters. The molecule has 0 radical (unpaired) electrons. The molecule has 0 spiro atoms. The molecule has 7 nitrogen and oxygen atoms in total. The lowest BCUT2D eigenvalue weighted by molar-refractivity contribution is -0.125. The summed E-state index contributed by atoms with van der Waals surface area (Å²) >= 11 is 0. The van der Waals surface area contributed by atoms with Gasteiger partial charge in [0.25, 0.3) is 6.43 Å². The van der Waals surface area contributed by atoms with Gasteiger partial charge in [-0.15, -0.1) is 0 Å². The maximum absolute atomic E-state index is 13.7. The topological polar surface area (TPSA) is 102 Å². The average Bonchev–Trinajstić information content (AvgIpc) is 3.00. The third-order valence-electron chi connectivity index (χ3n) is 4.64. The molecule has 172 valence electrons. The standard InChI is InChI=1S/C20H25F3N2O5S/c1-13(14-7-8-16(21)17(10-14)30-12-18(22)23)25-31(28,29)9-5-3-2-4-6-15-11-19(26)24-20(15)27/h2-3,7-8,10,13,15,18,25H,4-6,9,11-12H2,1H3,(H,24,26,27)/b3-2+/t13-,15?/m1/s1. The number of nitrogens with one attached hydrogen (secondary N) is 2. The van der Waals surface area contributed by atoms with Crippen LogP contribution in [-0.4, -0.2) is 39.0 Å². The zero-order valence-electron chi connectivity index (χ0n) is 16.9. The van der Waals surface area contributed by atoms with Crippen molar-refractivity contribution in [2.75, 3.05) is 12.4 Å². The molecule has 11 heteroatoms. The van der Waals surface area contributed by atoms with Gasteiger partial charge in [-0.25, -0.2) is 26.3 Å². The summed E-state index contributed by atoms with van der Waals surface area (Å²) in [6.45, 7) is 0.583. The van der Waals surface area contributed by atoms with Crippen LogP contribution >= 0.6 is 0 Å². The highest BCUT2D eigenvalue weighted by atomic mass is 32.2. The second-order valence-electron chi connectivity index (χ2n) is 7.20. The van der Waals surface area contributed by atoms with Crippen molar-refractivity contribution in [2.45, 2.75) is 45.1 Å². The molecule has 1 fully saturated rings. The van der Waals surface area contributed by atoms with E-state index in [9.17, 15) is 31.2 Å². The normalized spacial score (nSPS) is 18.0. The largest absolute Gasteiger partial charge is 0.485 e. The Balaban J connectivity index is 1.80. The maximum atomic E-state index is 13.7. The zero-order valence-corrected chi connectivity index (χ0v) is 17.8. The smallest absolute Gasteiger partial charge is 0.272 e. The van der Waals surface area contributed by atoms with Crippen LogP contribution in [0.3, 0.4) is 0 Å². The van der Waals surface area contributed by atoms with Crippen molar-refractivity contribution < 1.29 is 35.9 Å². The Morgan fingerprint density at radius 2 is 1.97 bits per heavy atom. The van der Waals surface area contributed by atoms with Crippen molar-refractivity contribution in [1.29, 1.82) is 0 Å². The van der Waals surface area contributed by atoms with Crippen LogP contribution in [0.15, 0.2) is 30.4 Å². The van der Waals surface area contributed by atoms with E-state index in [4.69, 9.17) is 4.74 Å². The van der Waals surface area contributed by atoms with Gasteiger partial charge in [0.05, 0.1) is 5.75 Å². The minimum Gasteiger partial charge on any atom is -0.485 e. The molecule has 31 heavy (non-hydrogen) atoms. The lowest BCUT2D eigenvalue weighted by Crippen LogP contribution is -2.29. The molecule has 2 rings (SSSR count). The number of imide groups is 1. The van der Waals surface area contributed by atoms with Gasteiger partial charge in [0.2, 0.25) is 21.8 Å². The van der Waals surface area contributed by atoms with E-state index in [0.717, 1.165) is 6.07 Å². The van der Waals surface area contributed by atoms with E-state index < -0.39 is 34.9 Å². The van der Waals surface area contributed by atoms with Gasteiger partial charge < -0.3 is 4.74 Å². The molecule has 1 aromatic carbocycles. The SMILES string of the molecule is C[C@@H](NS(=O)(=O)CC/C=C/CCC1CC(=O)NC1=O)c1ccc(F)c(OCC(F)F)c1. The van der Waals surface area contributed by atoms with Gasteiger partial charge in [-0.3, -0.25) is 14.9 Å². The van der Waals surface area contributed by atoms with Crippen LogP contribution in [0.5, 0.6) is 5.75 Å². The summed E-state index contributed by atoms with van der Waals surface area (Å²) in [6.07, 6.45) is 2.17. The van der Waals surface area contributed by atoms with Crippen LogP contribution in [0.2, 0.25) is 0 Å². The van der Waals surface area contributed by atoms with Crippen molar-refractivity contribution in [1.82, 2.24) is 10.0 Å². The molecule has 1 aliphatic heterocycles. The summed E-state index contributed by atoms with van der Waals surface area (Å²) < 4.78 is 69.9. The number of amides is 2. The third-order valence-corrected chi connectivity index (χ3v) is 6.13. The van der Waals surface area contributed by atoms with Crippen molar-refractivity contribution >= 4 is 21.8 Å². The summed E-state index contributed by atoms with van der Waals surface area (Å²) in [5.74, 6) is -2.27. The van der Waals surface area contributed by atoms with E-state index >= 15 is 0 Å². The first kappa shape index (κ1) is 24.9. The molecule has 1 aromatic rings. The van der Waals surface area contributed by atoms with Crippen molar-refractivity contribution in [3.63, 3.8) is 0 Å². The molecule has 1 unspecified atom stereocenters. The lowest BCUT2D eigenvalue weighted by atomic mass is 10.0. The maximum Gasteiger partial charge on any atom is 0.272 e. The average molecular weight is 462 g/mol. The second kappa shape index (κ2) is 11.3. The second-order valence-corrected chi connectivity index (χ2v) is 9.07. The van der Waals surface area contributed by atoms with Crippen LogP contribution in [0, 0.1) is 11.7 Å². The molecule has 1 saturated heterocycles. The fourth-order valence-corrected chi connectivity index (χ4v) is 4.28. The summed E-state index contributed by atoms with van der Waals surface area (Å²) in [7, 11) is -3.66. The first-order chi connectivity index (χ1) is 14.6. The Morgan fingerprint density at radius 1 is 1.26 bits per heavy atom. The molecule has 0 aliphatic carbocycles. The van der Waals surface area contributed by atoms with E-state index in [1.807, 2.05) is 0 Å². The molecule has 2 amide bonds. The van der Waals surface area contributed by atoms with E-state index in [0.29, 0.717) is 18.4 Å². The Bertz CT molecular complexity index is 921. The van der Waals surface area contributed by atoms with Gasteiger partial charge in [0, 0.05) is 18.4 Å². The van der Waals surface area contributed by atoms with E-state index in [1.165, 1.54) is 12.1 Å². The summed E-state index contributed by atoms with van der Waals surface area (Å²) in [5, 5.41) is 2.24. The fraction of sp³-hybridized carbons (Fsp3) is 0.500. The van der Waals surface area contributed by atoms with Crippen LogP contribution in [0.1, 0.15) is 44.2 Å². The molecule has 0 bridgehead atoms. The zero-order chi connectivity index (χ0) is 23.0. The lowest BCUT2D eigenvalue weighted by Gasteiger charge is -2.16. The quantitative estimate of drug-likeness (QED) is 0.367. The Kier molecular flexibility index (Phi) is 9.05. The molecule has 0 saturated carbocycles. The number of sulfonamides is 1. The molecule has 2 N–H and O–H groups in total. The summed E-state index contributed by atoms with van der Waals surface area (Å²) in [5.41, 5.74) is 0.370. The number of hydrogen-bond acceptors (Lipinski definition) is 5. The number of benzene rings is 1. The Hall–Kier alpha value is -2.40. The molecular weight excluding hydrogens is 437 g/mol. The predicted octanol–water partition coefficient (Wildman–Crippen LogP) is 2.84. The highest BCUT2D eigenvalue weighted by molar-refractivity contribution is 7.89. The minimum atomic E-state index is -3.66. The van der Waals surface area contributed by atoms with Gasteiger partial charge in [0.1, 0.15) is 6.61 Å². The van der Waals surface area contributed by atoms with E-state index in [1.54, 1.807) is 19.1 Å². The number of carbonyl (C=O) groups excluding carboxylic acids is 2. The Labute approximate surface area is 179 Å². The molecular formula is C20H25F3N2O5S. The van der Waals surface area contributed by atoms with Crippen LogP contribution in [0.25, 0.3) is 0 Å².